The Morgan fingerprint density at radius 2 is 1.89 bits per heavy atom. The molecule has 5 heterocycles. The Labute approximate surface area is 229 Å². The summed E-state index contributed by atoms with van der Waals surface area (Å²) in [4.78, 5) is 6.40. The van der Waals surface area contributed by atoms with Crippen LogP contribution >= 0.6 is 24.8 Å². The van der Waals surface area contributed by atoms with E-state index in [1.165, 1.54) is 25.1 Å². The van der Waals surface area contributed by atoms with Crippen molar-refractivity contribution in [3.8, 4) is 17.3 Å². The number of aromatic nitrogens is 4. The SMILES string of the molecule is Cl.Cl.FC(F)(F)C(c1ccc2nnc(-c3ccc4cccc(OCC5CC5)c4n3)n2c1)N1C[C@H]2C[C@@H]1CN2. The van der Waals surface area contributed by atoms with Crippen molar-refractivity contribution in [2.45, 2.75) is 43.6 Å². The number of alkyl halides is 3. The van der Waals surface area contributed by atoms with Crippen molar-refractivity contribution in [1.29, 1.82) is 0 Å². The van der Waals surface area contributed by atoms with E-state index in [0.29, 0.717) is 54.0 Å². The van der Waals surface area contributed by atoms with Crippen molar-refractivity contribution >= 4 is 41.4 Å². The van der Waals surface area contributed by atoms with Crippen LogP contribution in [-0.2, 0) is 0 Å². The normalized spacial score (nSPS) is 21.9. The number of fused-ring (bicyclic) bond motifs is 4. The lowest BCUT2D eigenvalue weighted by Crippen LogP contribution is -2.49. The highest BCUT2D eigenvalue weighted by molar-refractivity contribution is 5.86. The molecule has 2 aliphatic heterocycles. The van der Waals surface area contributed by atoms with Gasteiger partial charge in [-0.05, 0) is 48.9 Å². The quantitative estimate of drug-likeness (QED) is 0.345. The molecule has 0 radical (unpaired) electrons. The van der Waals surface area contributed by atoms with Gasteiger partial charge in [-0.25, -0.2) is 4.98 Å². The number of benzene rings is 1. The molecule has 38 heavy (non-hydrogen) atoms. The summed E-state index contributed by atoms with van der Waals surface area (Å²) in [6, 6.07) is 11.0. The molecule has 3 fully saturated rings. The number of ether oxygens (including phenoxy) is 1. The molecule has 3 aromatic heterocycles. The number of hydrogen-bond donors (Lipinski definition) is 1. The van der Waals surface area contributed by atoms with E-state index in [0.717, 1.165) is 11.8 Å². The van der Waals surface area contributed by atoms with Gasteiger partial charge in [0.25, 0.3) is 0 Å². The Bertz CT molecular complexity index is 1460. The molecule has 1 saturated carbocycles. The van der Waals surface area contributed by atoms with Gasteiger partial charge in [0.2, 0.25) is 0 Å². The van der Waals surface area contributed by atoms with Crippen LogP contribution in [0.1, 0.15) is 30.9 Å². The number of rotatable bonds is 6. The van der Waals surface area contributed by atoms with Crippen LogP contribution in [0.2, 0.25) is 0 Å². The van der Waals surface area contributed by atoms with Crippen molar-refractivity contribution in [2.24, 2.45) is 5.92 Å². The van der Waals surface area contributed by atoms with Gasteiger partial charge in [0, 0.05) is 36.8 Å². The van der Waals surface area contributed by atoms with Gasteiger partial charge in [-0.2, -0.15) is 13.2 Å². The van der Waals surface area contributed by atoms with Crippen LogP contribution in [0, 0.1) is 5.92 Å². The lowest BCUT2D eigenvalue weighted by Gasteiger charge is -2.36. The van der Waals surface area contributed by atoms with E-state index in [4.69, 9.17) is 9.72 Å². The molecule has 2 bridgehead atoms. The molecule has 0 spiro atoms. The minimum absolute atomic E-state index is 0. The summed E-state index contributed by atoms with van der Waals surface area (Å²) in [7, 11) is 0. The molecule has 0 amide bonds. The first-order chi connectivity index (χ1) is 17.4. The summed E-state index contributed by atoms with van der Waals surface area (Å²) in [5, 5.41) is 12.7. The lowest BCUT2D eigenvalue weighted by atomic mass is 10.1. The average Bonchev–Trinajstić information content (AvgIpc) is 3.23. The molecule has 1 unspecified atom stereocenters. The lowest BCUT2D eigenvalue weighted by molar-refractivity contribution is -0.190. The highest BCUT2D eigenvalue weighted by Gasteiger charge is 2.51. The molecule has 7 nitrogen and oxygen atoms in total. The topological polar surface area (TPSA) is 67.6 Å². The van der Waals surface area contributed by atoms with E-state index in [1.807, 2.05) is 30.3 Å². The minimum atomic E-state index is -4.40. The fraction of sp³-hybridized carbons (Fsp3) is 0.423. The second-order valence-corrected chi connectivity index (χ2v) is 10.1. The van der Waals surface area contributed by atoms with Crippen LogP contribution in [0.3, 0.4) is 0 Å². The summed E-state index contributed by atoms with van der Waals surface area (Å²) in [5.41, 5.74) is 1.89. The third kappa shape index (κ3) is 4.79. The first kappa shape index (κ1) is 26.9. The molecule has 1 N–H and O–H groups in total. The summed E-state index contributed by atoms with van der Waals surface area (Å²) < 4.78 is 50.7. The smallest absolute Gasteiger partial charge is 0.408 e. The van der Waals surface area contributed by atoms with Gasteiger partial charge < -0.3 is 10.1 Å². The zero-order valence-electron chi connectivity index (χ0n) is 20.3. The number of likely N-dealkylation sites (tertiary alicyclic amines) is 1. The van der Waals surface area contributed by atoms with E-state index < -0.39 is 12.2 Å². The molecule has 3 atom stereocenters. The molecule has 1 aromatic carbocycles. The fourth-order valence-corrected chi connectivity index (χ4v) is 5.57. The first-order valence-electron chi connectivity index (χ1n) is 12.4. The van der Waals surface area contributed by atoms with E-state index in [9.17, 15) is 13.2 Å². The van der Waals surface area contributed by atoms with Crippen molar-refractivity contribution < 1.29 is 17.9 Å². The Hall–Kier alpha value is -2.66. The van der Waals surface area contributed by atoms with Crippen LogP contribution in [0.25, 0.3) is 28.1 Å². The molecule has 4 aromatic rings. The van der Waals surface area contributed by atoms with Crippen molar-refractivity contribution in [1.82, 2.24) is 29.8 Å². The molecule has 1 aliphatic carbocycles. The second-order valence-electron chi connectivity index (χ2n) is 10.1. The Morgan fingerprint density at radius 1 is 1.05 bits per heavy atom. The van der Waals surface area contributed by atoms with E-state index in [-0.39, 0.29) is 42.5 Å². The van der Waals surface area contributed by atoms with Crippen molar-refractivity contribution in [2.75, 3.05) is 19.7 Å². The summed E-state index contributed by atoms with van der Waals surface area (Å²) in [5.74, 6) is 1.70. The van der Waals surface area contributed by atoms with Crippen LogP contribution in [0.4, 0.5) is 13.2 Å². The number of hydrogen-bond acceptors (Lipinski definition) is 6. The average molecular weight is 567 g/mol. The van der Waals surface area contributed by atoms with Gasteiger partial charge in [0.15, 0.2) is 11.5 Å². The Morgan fingerprint density at radius 3 is 2.61 bits per heavy atom. The van der Waals surface area contributed by atoms with Crippen molar-refractivity contribution in [3.63, 3.8) is 0 Å². The van der Waals surface area contributed by atoms with E-state index in [1.54, 1.807) is 15.4 Å². The van der Waals surface area contributed by atoms with Crippen LogP contribution in [-0.4, -0.2) is 62.4 Å². The first-order valence-corrected chi connectivity index (χ1v) is 12.4. The van der Waals surface area contributed by atoms with E-state index in [2.05, 4.69) is 15.5 Å². The maximum atomic E-state index is 14.4. The largest absolute Gasteiger partial charge is 0.491 e. The van der Waals surface area contributed by atoms with Gasteiger partial charge in [0.05, 0.1) is 6.61 Å². The number of para-hydroxylation sites is 1. The van der Waals surface area contributed by atoms with Gasteiger partial charge >= 0.3 is 6.18 Å². The molecule has 12 heteroatoms. The van der Waals surface area contributed by atoms with Crippen LogP contribution in [0.15, 0.2) is 48.7 Å². The van der Waals surface area contributed by atoms with E-state index >= 15 is 0 Å². The number of piperazine rings is 1. The Kier molecular flexibility index (Phi) is 7.19. The number of pyridine rings is 2. The molecular weight excluding hydrogens is 540 g/mol. The summed E-state index contributed by atoms with van der Waals surface area (Å²) in [6.45, 7) is 1.64. The predicted molar refractivity (Wildman–Crippen MR) is 142 cm³/mol. The van der Waals surface area contributed by atoms with Crippen LogP contribution < -0.4 is 10.1 Å². The molecular formula is C26H27Cl2F3N6O. The molecule has 3 aliphatic rings. The monoisotopic (exact) mass is 566 g/mol. The highest BCUT2D eigenvalue weighted by Crippen LogP contribution is 2.43. The second kappa shape index (κ2) is 10.1. The predicted octanol–water partition coefficient (Wildman–Crippen LogP) is 5.23. The highest BCUT2D eigenvalue weighted by atomic mass is 35.5. The Balaban J connectivity index is 0.00000147. The summed E-state index contributed by atoms with van der Waals surface area (Å²) >= 11 is 0. The fourth-order valence-electron chi connectivity index (χ4n) is 5.57. The summed E-state index contributed by atoms with van der Waals surface area (Å²) in [6.07, 6.45) is 0.237. The minimum Gasteiger partial charge on any atom is -0.491 e. The van der Waals surface area contributed by atoms with Crippen molar-refractivity contribution in [3.05, 3.63) is 54.2 Å². The maximum Gasteiger partial charge on any atom is 0.408 e. The van der Waals surface area contributed by atoms with Gasteiger partial charge in [-0.15, -0.1) is 35.0 Å². The number of halogens is 5. The third-order valence-electron chi connectivity index (χ3n) is 7.57. The van der Waals surface area contributed by atoms with Gasteiger partial charge in [-0.1, -0.05) is 24.3 Å². The standard InChI is InChI=1S/C26H25F3N6O.2ClH/c27-26(28,29)24(34-13-18-10-19(34)11-30-18)17-7-9-22-32-33-25(35(22)12-17)20-8-6-16-2-1-3-21(23(16)31-20)36-14-15-4-5-15;;/h1-3,6-9,12,15,18-19,24,30H,4-5,10-11,13-14H2;2*1H/t18-,19-,24?;;/m1../s1. The van der Waals surface area contributed by atoms with Gasteiger partial charge in [0.1, 0.15) is 23.0 Å². The molecule has 7 rings (SSSR count). The number of nitrogens with zero attached hydrogens (tertiary/aromatic N) is 5. The molecule has 202 valence electrons. The third-order valence-corrected chi connectivity index (χ3v) is 7.57. The molecule has 2 saturated heterocycles. The zero-order chi connectivity index (χ0) is 24.4. The zero-order valence-corrected chi connectivity index (χ0v) is 21.9. The number of nitrogens with one attached hydrogen (secondary N) is 1. The van der Waals surface area contributed by atoms with Crippen LogP contribution in [0.5, 0.6) is 5.75 Å². The maximum absolute atomic E-state index is 14.4. The van der Waals surface area contributed by atoms with Gasteiger partial charge in [-0.3, -0.25) is 9.30 Å².